The van der Waals surface area contributed by atoms with Crippen molar-refractivity contribution >= 4 is 10.8 Å². The fraction of sp³-hybridized carbons (Fsp3) is 0.273. The van der Waals surface area contributed by atoms with Crippen LogP contribution in [0.25, 0.3) is 21.9 Å². The van der Waals surface area contributed by atoms with Crippen molar-refractivity contribution in [2.45, 2.75) is 26.3 Å². The van der Waals surface area contributed by atoms with Crippen LogP contribution in [0.1, 0.15) is 24.0 Å². The van der Waals surface area contributed by atoms with E-state index in [9.17, 15) is 0 Å². The normalized spacial score (nSPS) is 15.3. The molecule has 0 saturated carbocycles. The Morgan fingerprint density at radius 2 is 1.57 bits per heavy atom. The average molecular weight is 301 g/mol. The van der Waals surface area contributed by atoms with Crippen LogP contribution in [0.2, 0.25) is 0 Å². The summed E-state index contributed by atoms with van der Waals surface area (Å²) in [6.07, 6.45) is 2.68. The lowest BCUT2D eigenvalue weighted by atomic mass is 9.90. The first-order chi connectivity index (χ1) is 11.3. The first kappa shape index (κ1) is 14.5. The maximum atomic E-state index is 2.60. The molecule has 23 heavy (non-hydrogen) atoms. The Hall–Kier alpha value is -2.12. The lowest BCUT2D eigenvalue weighted by Gasteiger charge is -2.21. The van der Waals surface area contributed by atoms with E-state index in [1.165, 1.54) is 59.0 Å². The monoisotopic (exact) mass is 301 g/mol. The zero-order valence-corrected chi connectivity index (χ0v) is 13.8. The van der Waals surface area contributed by atoms with Crippen LogP contribution in [0.3, 0.4) is 0 Å². The molecule has 0 radical (unpaired) electrons. The minimum Gasteiger partial charge on any atom is -0.299 e. The molecule has 0 unspecified atom stereocenters. The number of hydrogen-bond donors (Lipinski definition) is 0. The summed E-state index contributed by atoms with van der Waals surface area (Å²) in [5, 5.41) is 2.72. The van der Waals surface area contributed by atoms with Gasteiger partial charge in [0, 0.05) is 6.54 Å². The van der Waals surface area contributed by atoms with Crippen LogP contribution in [-0.2, 0) is 6.54 Å². The van der Waals surface area contributed by atoms with Gasteiger partial charge in [-0.1, -0.05) is 60.7 Å². The fourth-order valence-corrected chi connectivity index (χ4v) is 3.83. The molecule has 1 aliphatic rings. The Morgan fingerprint density at radius 1 is 0.870 bits per heavy atom. The summed E-state index contributed by atoms with van der Waals surface area (Å²) in [7, 11) is 0. The third kappa shape index (κ3) is 2.77. The van der Waals surface area contributed by atoms with Crippen molar-refractivity contribution in [1.29, 1.82) is 0 Å². The van der Waals surface area contributed by atoms with Gasteiger partial charge in [0.2, 0.25) is 0 Å². The van der Waals surface area contributed by atoms with Gasteiger partial charge in [0.05, 0.1) is 0 Å². The van der Waals surface area contributed by atoms with Crippen LogP contribution in [0.5, 0.6) is 0 Å². The molecule has 1 heteroatoms. The van der Waals surface area contributed by atoms with Crippen molar-refractivity contribution in [2.24, 2.45) is 0 Å². The zero-order valence-electron chi connectivity index (χ0n) is 13.8. The quantitative estimate of drug-likeness (QED) is 0.625. The van der Waals surface area contributed by atoms with E-state index in [-0.39, 0.29) is 0 Å². The van der Waals surface area contributed by atoms with Gasteiger partial charge < -0.3 is 0 Å². The molecule has 0 aliphatic carbocycles. The molecule has 0 atom stereocenters. The van der Waals surface area contributed by atoms with Crippen molar-refractivity contribution in [1.82, 2.24) is 4.90 Å². The lowest BCUT2D eigenvalue weighted by Crippen LogP contribution is -2.19. The number of nitrogens with zero attached hydrogens (tertiary/aromatic N) is 1. The molecule has 0 amide bonds. The van der Waals surface area contributed by atoms with Gasteiger partial charge in [0.25, 0.3) is 0 Å². The molecule has 0 aromatic heterocycles. The van der Waals surface area contributed by atoms with Crippen molar-refractivity contribution in [2.75, 3.05) is 13.1 Å². The van der Waals surface area contributed by atoms with Gasteiger partial charge in [-0.2, -0.15) is 0 Å². The van der Waals surface area contributed by atoms with Crippen LogP contribution in [-0.4, -0.2) is 18.0 Å². The Balaban J connectivity index is 1.94. The second kappa shape index (κ2) is 6.17. The Bertz CT molecular complexity index is 814. The Kier molecular flexibility index (Phi) is 3.88. The largest absolute Gasteiger partial charge is 0.299 e. The highest BCUT2D eigenvalue weighted by atomic mass is 15.1. The molecule has 3 aromatic carbocycles. The molecule has 116 valence electrons. The summed E-state index contributed by atoms with van der Waals surface area (Å²) >= 11 is 0. The summed E-state index contributed by atoms with van der Waals surface area (Å²) in [6, 6.07) is 22.0. The SMILES string of the molecule is Cc1cc2ccccc2c(-c2ccccc2)c1CN1CCCC1. The topological polar surface area (TPSA) is 3.24 Å². The molecule has 1 aliphatic heterocycles. The highest BCUT2D eigenvalue weighted by Gasteiger charge is 2.18. The number of aryl methyl sites for hydroxylation is 1. The first-order valence-corrected chi connectivity index (χ1v) is 8.62. The third-order valence-corrected chi connectivity index (χ3v) is 5.02. The molecule has 0 spiro atoms. The molecule has 3 aromatic rings. The van der Waals surface area contributed by atoms with Crippen LogP contribution in [0.15, 0.2) is 60.7 Å². The standard InChI is InChI=1S/C22H23N/c1-17-15-19-11-5-6-12-20(19)22(18-9-3-2-4-10-18)21(17)16-23-13-7-8-14-23/h2-6,9-12,15H,7-8,13-14,16H2,1H3. The molecular weight excluding hydrogens is 278 g/mol. The molecule has 0 N–H and O–H groups in total. The predicted molar refractivity (Wildman–Crippen MR) is 98.6 cm³/mol. The summed E-state index contributed by atoms with van der Waals surface area (Å²) in [4.78, 5) is 2.60. The smallest absolute Gasteiger partial charge is 0.0242 e. The molecule has 0 bridgehead atoms. The summed E-state index contributed by atoms with van der Waals surface area (Å²) < 4.78 is 0. The third-order valence-electron chi connectivity index (χ3n) is 5.02. The summed E-state index contributed by atoms with van der Waals surface area (Å²) in [6.45, 7) is 5.81. The minimum absolute atomic E-state index is 1.07. The maximum absolute atomic E-state index is 2.60. The average Bonchev–Trinajstić information content (AvgIpc) is 3.09. The molecule has 1 saturated heterocycles. The van der Waals surface area contributed by atoms with Gasteiger partial charge in [0.15, 0.2) is 0 Å². The van der Waals surface area contributed by atoms with E-state index in [2.05, 4.69) is 72.5 Å². The first-order valence-electron chi connectivity index (χ1n) is 8.62. The highest BCUT2D eigenvalue weighted by molar-refractivity contribution is 5.99. The number of hydrogen-bond acceptors (Lipinski definition) is 1. The van der Waals surface area contributed by atoms with Gasteiger partial charge in [-0.3, -0.25) is 4.90 Å². The van der Waals surface area contributed by atoms with Gasteiger partial charge in [-0.25, -0.2) is 0 Å². The summed E-state index contributed by atoms with van der Waals surface area (Å²) in [5.74, 6) is 0. The predicted octanol–water partition coefficient (Wildman–Crippen LogP) is 5.41. The summed E-state index contributed by atoms with van der Waals surface area (Å²) in [5.41, 5.74) is 5.67. The lowest BCUT2D eigenvalue weighted by molar-refractivity contribution is 0.331. The molecule has 4 rings (SSSR count). The van der Waals surface area contributed by atoms with E-state index >= 15 is 0 Å². The van der Waals surface area contributed by atoms with Crippen molar-refractivity contribution in [3.05, 3.63) is 71.8 Å². The van der Waals surface area contributed by atoms with Crippen molar-refractivity contribution < 1.29 is 0 Å². The van der Waals surface area contributed by atoms with Gasteiger partial charge >= 0.3 is 0 Å². The Morgan fingerprint density at radius 3 is 2.35 bits per heavy atom. The zero-order chi connectivity index (χ0) is 15.6. The van der Waals surface area contributed by atoms with Crippen LogP contribution >= 0.6 is 0 Å². The van der Waals surface area contributed by atoms with E-state index in [4.69, 9.17) is 0 Å². The van der Waals surface area contributed by atoms with Crippen LogP contribution < -0.4 is 0 Å². The van der Waals surface area contributed by atoms with Gasteiger partial charge in [-0.05, 0) is 65.9 Å². The van der Waals surface area contributed by atoms with E-state index in [0.717, 1.165) is 6.54 Å². The van der Waals surface area contributed by atoms with Crippen molar-refractivity contribution in [3.63, 3.8) is 0 Å². The number of fused-ring (bicyclic) bond motifs is 1. The van der Waals surface area contributed by atoms with Gasteiger partial charge in [-0.15, -0.1) is 0 Å². The van der Waals surface area contributed by atoms with E-state index in [1.807, 2.05) is 0 Å². The highest BCUT2D eigenvalue weighted by Crippen LogP contribution is 2.35. The fourth-order valence-electron chi connectivity index (χ4n) is 3.83. The second-order valence-corrected chi connectivity index (χ2v) is 6.62. The van der Waals surface area contributed by atoms with Crippen LogP contribution in [0, 0.1) is 6.92 Å². The number of likely N-dealkylation sites (tertiary alicyclic amines) is 1. The van der Waals surface area contributed by atoms with E-state index in [0.29, 0.717) is 0 Å². The number of benzene rings is 3. The molecule has 1 heterocycles. The van der Waals surface area contributed by atoms with Crippen LogP contribution in [0.4, 0.5) is 0 Å². The molecule has 1 nitrogen and oxygen atoms in total. The van der Waals surface area contributed by atoms with Crippen molar-refractivity contribution in [3.8, 4) is 11.1 Å². The molecular formula is C22H23N. The minimum atomic E-state index is 1.07. The van der Waals surface area contributed by atoms with E-state index < -0.39 is 0 Å². The second-order valence-electron chi connectivity index (χ2n) is 6.62. The maximum Gasteiger partial charge on any atom is 0.0242 e. The number of rotatable bonds is 3. The van der Waals surface area contributed by atoms with Gasteiger partial charge in [0.1, 0.15) is 0 Å². The Labute approximate surface area is 138 Å². The molecule has 1 fully saturated rings. The van der Waals surface area contributed by atoms with E-state index in [1.54, 1.807) is 0 Å².